The topological polar surface area (TPSA) is 51.0 Å². The van der Waals surface area contributed by atoms with Gasteiger partial charge in [0.1, 0.15) is 5.38 Å². The lowest BCUT2D eigenvalue weighted by Crippen LogP contribution is -2.31. The Bertz CT molecular complexity index is 537. The molecule has 1 atom stereocenters. The molecule has 108 valence electrons. The summed E-state index contributed by atoms with van der Waals surface area (Å²) in [6.45, 7) is 6.03. The zero-order chi connectivity index (χ0) is 14.6. The first-order valence-electron chi connectivity index (χ1n) is 6.76. The van der Waals surface area contributed by atoms with Crippen molar-refractivity contribution in [2.45, 2.75) is 44.5 Å². The maximum absolute atomic E-state index is 5.90. The fourth-order valence-corrected chi connectivity index (χ4v) is 1.99. The molecule has 1 unspecified atom stereocenters. The summed E-state index contributed by atoms with van der Waals surface area (Å²) in [5.74, 6) is 0.438. The lowest BCUT2D eigenvalue weighted by molar-refractivity contribution is 0.460. The van der Waals surface area contributed by atoms with Crippen LogP contribution in [0.1, 0.15) is 44.0 Å². The molecule has 0 fully saturated rings. The Labute approximate surface area is 124 Å². The fourth-order valence-electron chi connectivity index (χ4n) is 1.90. The molecule has 0 saturated carbocycles. The number of benzene rings is 1. The van der Waals surface area contributed by atoms with Crippen LogP contribution in [0.4, 0.5) is 6.01 Å². The predicted octanol–water partition coefficient (Wildman–Crippen LogP) is 4.19. The van der Waals surface area contributed by atoms with Gasteiger partial charge in [-0.2, -0.15) is 0 Å². The minimum Gasteiger partial charge on any atom is -0.406 e. The molecule has 2 rings (SSSR count). The zero-order valence-electron chi connectivity index (χ0n) is 12.1. The molecule has 4 nitrogen and oxygen atoms in total. The first kappa shape index (κ1) is 14.9. The maximum Gasteiger partial charge on any atom is 0.315 e. The monoisotopic (exact) mass is 293 g/mol. The second-order valence-electron chi connectivity index (χ2n) is 5.56. The number of rotatable bonds is 6. The number of hydrogen-bond donors (Lipinski definition) is 1. The van der Waals surface area contributed by atoms with Crippen LogP contribution in [0.3, 0.4) is 0 Å². The number of halogens is 1. The van der Waals surface area contributed by atoms with Crippen LogP contribution < -0.4 is 5.32 Å². The van der Waals surface area contributed by atoms with Crippen molar-refractivity contribution in [2.24, 2.45) is 0 Å². The van der Waals surface area contributed by atoms with Gasteiger partial charge in [0.05, 0.1) is 0 Å². The molecule has 5 heteroatoms. The molecule has 0 amide bonds. The molecule has 0 bridgehead atoms. The third kappa shape index (κ3) is 4.23. The van der Waals surface area contributed by atoms with Crippen LogP contribution in [0, 0.1) is 0 Å². The largest absolute Gasteiger partial charge is 0.406 e. The lowest BCUT2D eigenvalue weighted by atomic mass is 9.95. The van der Waals surface area contributed by atoms with Gasteiger partial charge in [-0.15, -0.1) is 16.7 Å². The van der Waals surface area contributed by atoms with E-state index in [2.05, 4.69) is 53.6 Å². The Balaban J connectivity index is 1.92. The predicted molar refractivity (Wildman–Crippen MR) is 81.0 cm³/mol. The summed E-state index contributed by atoms with van der Waals surface area (Å²) in [6.07, 6.45) is 1.96. The molecule has 1 aromatic heterocycles. The van der Waals surface area contributed by atoms with Crippen LogP contribution in [-0.4, -0.2) is 15.7 Å². The average Bonchev–Trinajstić information content (AvgIpc) is 2.86. The molecular formula is C15H20ClN3O. The van der Waals surface area contributed by atoms with Crippen LogP contribution >= 0.6 is 11.6 Å². The highest BCUT2D eigenvalue weighted by atomic mass is 35.5. The normalized spacial score (nSPS) is 13.2. The second kappa shape index (κ2) is 6.27. The van der Waals surface area contributed by atoms with Crippen molar-refractivity contribution < 1.29 is 4.42 Å². The van der Waals surface area contributed by atoms with Crippen LogP contribution in [0.25, 0.3) is 0 Å². The molecule has 20 heavy (non-hydrogen) atoms. The molecule has 0 spiro atoms. The van der Waals surface area contributed by atoms with Crippen LogP contribution in [0.2, 0.25) is 0 Å². The van der Waals surface area contributed by atoms with Gasteiger partial charge in [0.15, 0.2) is 0 Å². The van der Waals surface area contributed by atoms with Gasteiger partial charge in [-0.3, -0.25) is 0 Å². The van der Waals surface area contributed by atoms with Gasteiger partial charge in [0, 0.05) is 5.54 Å². The molecule has 0 aliphatic carbocycles. The number of aromatic nitrogens is 2. The van der Waals surface area contributed by atoms with Crippen molar-refractivity contribution in [3.63, 3.8) is 0 Å². The smallest absolute Gasteiger partial charge is 0.315 e. The molecule has 0 saturated heterocycles. The molecule has 1 aromatic carbocycles. The van der Waals surface area contributed by atoms with E-state index in [0.717, 1.165) is 12.8 Å². The van der Waals surface area contributed by atoms with E-state index < -0.39 is 0 Å². The summed E-state index contributed by atoms with van der Waals surface area (Å²) in [5, 5.41) is 10.9. The number of nitrogens with zero attached hydrogens (tertiary/aromatic N) is 2. The molecule has 0 aliphatic heterocycles. The summed E-state index contributed by atoms with van der Waals surface area (Å²) in [4.78, 5) is 0. The summed E-state index contributed by atoms with van der Waals surface area (Å²) in [7, 11) is 0. The Hall–Kier alpha value is -1.55. The van der Waals surface area contributed by atoms with E-state index in [1.165, 1.54) is 5.56 Å². The van der Waals surface area contributed by atoms with Crippen LogP contribution in [0.15, 0.2) is 34.7 Å². The number of nitrogens with one attached hydrogen (secondary N) is 1. The molecular weight excluding hydrogens is 274 g/mol. The van der Waals surface area contributed by atoms with Gasteiger partial charge in [-0.25, -0.2) is 0 Å². The first-order valence-corrected chi connectivity index (χ1v) is 7.19. The highest BCUT2D eigenvalue weighted by Crippen LogP contribution is 2.23. The second-order valence-corrected chi connectivity index (χ2v) is 6.21. The zero-order valence-corrected chi connectivity index (χ0v) is 12.8. The van der Waals surface area contributed by atoms with Crippen LogP contribution in [0.5, 0.6) is 0 Å². The molecule has 0 radical (unpaired) electrons. The minimum atomic E-state index is -0.273. The van der Waals surface area contributed by atoms with Gasteiger partial charge >= 0.3 is 6.01 Å². The Morgan fingerprint density at radius 3 is 2.55 bits per heavy atom. The molecule has 2 aromatic rings. The summed E-state index contributed by atoms with van der Waals surface area (Å²) in [6, 6.07) is 10.8. The number of aryl methyl sites for hydroxylation is 1. The Kier molecular flexibility index (Phi) is 4.65. The van der Waals surface area contributed by atoms with E-state index in [1.54, 1.807) is 6.92 Å². The van der Waals surface area contributed by atoms with Crippen LogP contribution in [-0.2, 0) is 6.42 Å². The number of anilines is 1. The summed E-state index contributed by atoms with van der Waals surface area (Å²) >= 11 is 5.90. The molecule has 1 heterocycles. The van der Waals surface area contributed by atoms with E-state index in [0.29, 0.717) is 11.9 Å². The summed E-state index contributed by atoms with van der Waals surface area (Å²) in [5.41, 5.74) is 1.19. The van der Waals surface area contributed by atoms with Gasteiger partial charge in [-0.1, -0.05) is 35.4 Å². The van der Waals surface area contributed by atoms with Gasteiger partial charge in [-0.05, 0) is 39.2 Å². The number of alkyl halides is 1. The highest BCUT2D eigenvalue weighted by molar-refractivity contribution is 6.20. The van der Waals surface area contributed by atoms with E-state index in [1.807, 2.05) is 6.07 Å². The van der Waals surface area contributed by atoms with E-state index >= 15 is 0 Å². The van der Waals surface area contributed by atoms with Gasteiger partial charge in [0.2, 0.25) is 5.89 Å². The summed E-state index contributed by atoms with van der Waals surface area (Å²) < 4.78 is 5.47. The SMILES string of the molecule is CC(Cl)c1nnc(NC(C)(C)CCc2ccccc2)o1. The van der Waals surface area contributed by atoms with Crippen molar-refractivity contribution >= 4 is 17.6 Å². The maximum atomic E-state index is 5.90. The fraction of sp³-hybridized carbons (Fsp3) is 0.467. The van der Waals surface area contributed by atoms with E-state index in [9.17, 15) is 0 Å². The highest BCUT2D eigenvalue weighted by Gasteiger charge is 2.21. The van der Waals surface area contributed by atoms with Crippen molar-refractivity contribution in [3.8, 4) is 0 Å². The number of hydrogen-bond acceptors (Lipinski definition) is 4. The third-order valence-corrected chi connectivity index (χ3v) is 3.29. The van der Waals surface area contributed by atoms with Crippen molar-refractivity contribution in [3.05, 3.63) is 41.8 Å². The lowest BCUT2D eigenvalue weighted by Gasteiger charge is -2.25. The molecule has 0 aliphatic rings. The van der Waals surface area contributed by atoms with Gasteiger partial charge < -0.3 is 9.73 Å². The Morgan fingerprint density at radius 2 is 1.95 bits per heavy atom. The Morgan fingerprint density at radius 1 is 1.25 bits per heavy atom. The van der Waals surface area contributed by atoms with E-state index in [4.69, 9.17) is 16.0 Å². The molecule has 1 N–H and O–H groups in total. The standard InChI is InChI=1S/C15H20ClN3O/c1-11(16)13-18-19-14(20-13)17-15(2,3)10-9-12-7-5-4-6-8-12/h4-8,11H,9-10H2,1-3H3,(H,17,19). The van der Waals surface area contributed by atoms with Crippen molar-refractivity contribution in [2.75, 3.05) is 5.32 Å². The van der Waals surface area contributed by atoms with E-state index in [-0.39, 0.29) is 10.9 Å². The van der Waals surface area contributed by atoms with Crippen molar-refractivity contribution in [1.29, 1.82) is 0 Å². The van der Waals surface area contributed by atoms with Crippen molar-refractivity contribution in [1.82, 2.24) is 10.2 Å². The van der Waals surface area contributed by atoms with Gasteiger partial charge in [0.25, 0.3) is 0 Å². The first-order chi connectivity index (χ1) is 9.46. The minimum absolute atomic E-state index is 0.130. The average molecular weight is 294 g/mol. The third-order valence-electron chi connectivity index (χ3n) is 3.11. The quantitative estimate of drug-likeness (QED) is 0.811.